The summed E-state index contributed by atoms with van der Waals surface area (Å²) in [6.45, 7) is 5.26. The van der Waals surface area contributed by atoms with E-state index < -0.39 is 0 Å². The molecule has 0 unspecified atom stereocenters. The van der Waals surface area contributed by atoms with Crippen LogP contribution in [0.15, 0.2) is 48.2 Å². The van der Waals surface area contributed by atoms with Gasteiger partial charge in [0.2, 0.25) is 0 Å². The first-order valence-electron chi connectivity index (χ1n) is 8.74. The van der Waals surface area contributed by atoms with Crippen LogP contribution in [0, 0.1) is 0 Å². The SMILES string of the molecule is C/C(Nc1ccc(N2CCOCC2)cc1)=C1/C(=O)Nc2ccc(N)cc21. The third-order valence-corrected chi connectivity index (χ3v) is 4.74. The molecule has 0 atom stereocenters. The molecule has 0 aromatic heterocycles. The number of benzene rings is 2. The Labute approximate surface area is 152 Å². The van der Waals surface area contributed by atoms with E-state index in [0.717, 1.165) is 48.9 Å². The van der Waals surface area contributed by atoms with Crippen LogP contribution >= 0.6 is 0 Å². The number of rotatable bonds is 3. The first kappa shape index (κ1) is 16.5. The summed E-state index contributed by atoms with van der Waals surface area (Å²) in [5.74, 6) is -0.111. The summed E-state index contributed by atoms with van der Waals surface area (Å²) in [5.41, 5.74) is 11.7. The van der Waals surface area contributed by atoms with Crippen molar-refractivity contribution in [3.05, 3.63) is 53.7 Å². The summed E-state index contributed by atoms with van der Waals surface area (Å²) in [6.07, 6.45) is 0. The second-order valence-corrected chi connectivity index (χ2v) is 6.53. The van der Waals surface area contributed by atoms with Crippen LogP contribution < -0.4 is 21.3 Å². The van der Waals surface area contributed by atoms with Crippen molar-refractivity contribution in [1.82, 2.24) is 0 Å². The van der Waals surface area contributed by atoms with Gasteiger partial charge in [-0.3, -0.25) is 4.79 Å². The van der Waals surface area contributed by atoms with Crippen molar-refractivity contribution in [2.45, 2.75) is 6.92 Å². The van der Waals surface area contributed by atoms with Gasteiger partial charge in [0.25, 0.3) is 5.91 Å². The molecule has 134 valence electrons. The van der Waals surface area contributed by atoms with Gasteiger partial charge in [-0.25, -0.2) is 0 Å². The molecule has 2 aliphatic heterocycles. The van der Waals surface area contributed by atoms with Crippen molar-refractivity contribution in [2.24, 2.45) is 0 Å². The number of nitrogens with zero attached hydrogens (tertiary/aromatic N) is 1. The van der Waals surface area contributed by atoms with E-state index in [-0.39, 0.29) is 5.91 Å². The lowest BCUT2D eigenvalue weighted by Crippen LogP contribution is -2.36. The Morgan fingerprint density at radius 3 is 2.62 bits per heavy atom. The number of nitrogen functional groups attached to an aromatic ring is 1. The Hall–Kier alpha value is -2.99. The second-order valence-electron chi connectivity index (χ2n) is 6.53. The van der Waals surface area contributed by atoms with Crippen LogP contribution in [0.5, 0.6) is 0 Å². The number of morpholine rings is 1. The molecule has 6 nitrogen and oxygen atoms in total. The van der Waals surface area contributed by atoms with Gasteiger partial charge in [0.1, 0.15) is 0 Å². The number of nitrogens with two attached hydrogens (primary N) is 1. The number of allylic oxidation sites excluding steroid dienone is 1. The molecule has 0 aliphatic carbocycles. The fourth-order valence-corrected chi connectivity index (χ4v) is 3.41. The van der Waals surface area contributed by atoms with Gasteiger partial charge in [-0.2, -0.15) is 0 Å². The molecule has 0 spiro atoms. The van der Waals surface area contributed by atoms with Crippen LogP contribution in [0.4, 0.5) is 22.7 Å². The molecule has 1 fully saturated rings. The molecule has 0 radical (unpaired) electrons. The van der Waals surface area contributed by atoms with Crippen molar-refractivity contribution in [3.8, 4) is 0 Å². The van der Waals surface area contributed by atoms with Crippen LogP contribution in [0.3, 0.4) is 0 Å². The van der Waals surface area contributed by atoms with Crippen LogP contribution in [0.2, 0.25) is 0 Å². The molecule has 4 N–H and O–H groups in total. The first-order chi connectivity index (χ1) is 12.6. The lowest BCUT2D eigenvalue weighted by atomic mass is 10.0. The predicted molar refractivity (Wildman–Crippen MR) is 105 cm³/mol. The Morgan fingerprint density at radius 2 is 1.88 bits per heavy atom. The minimum absolute atomic E-state index is 0.111. The van der Waals surface area contributed by atoms with Crippen molar-refractivity contribution in [3.63, 3.8) is 0 Å². The summed E-state index contributed by atoms with van der Waals surface area (Å²) in [6, 6.07) is 13.7. The molecule has 2 aromatic rings. The van der Waals surface area contributed by atoms with Crippen LogP contribution in [0.25, 0.3) is 5.57 Å². The van der Waals surface area contributed by atoms with Gasteiger partial charge in [0, 0.05) is 47.1 Å². The van der Waals surface area contributed by atoms with Crippen LogP contribution in [-0.4, -0.2) is 32.2 Å². The number of anilines is 4. The number of fused-ring (bicyclic) bond motifs is 1. The number of hydrogen-bond donors (Lipinski definition) is 3. The Morgan fingerprint density at radius 1 is 1.15 bits per heavy atom. The third kappa shape index (κ3) is 3.11. The summed E-state index contributed by atoms with van der Waals surface area (Å²) < 4.78 is 5.39. The number of amides is 1. The Kier molecular flexibility index (Phi) is 4.26. The minimum Gasteiger partial charge on any atom is -0.399 e. The lowest BCUT2D eigenvalue weighted by Gasteiger charge is -2.29. The molecule has 2 aliphatic rings. The number of carbonyl (C=O) groups is 1. The largest absolute Gasteiger partial charge is 0.399 e. The zero-order chi connectivity index (χ0) is 18.1. The molecule has 0 bridgehead atoms. The van der Waals surface area contributed by atoms with Gasteiger partial charge in [-0.1, -0.05) is 0 Å². The quantitative estimate of drug-likeness (QED) is 0.586. The molecule has 2 heterocycles. The van der Waals surface area contributed by atoms with E-state index in [0.29, 0.717) is 11.3 Å². The van der Waals surface area contributed by atoms with Crippen molar-refractivity contribution >= 4 is 34.2 Å². The molecular weight excluding hydrogens is 328 g/mol. The number of nitrogens with one attached hydrogen (secondary N) is 2. The third-order valence-electron chi connectivity index (χ3n) is 4.74. The standard InChI is InChI=1S/C20H22N4O2/c1-13(19-17-12-14(21)2-7-18(17)23-20(19)25)22-15-3-5-16(6-4-15)24-8-10-26-11-9-24/h2-7,12,22H,8-11,21H2,1H3,(H,23,25)/b19-13-. The molecule has 6 heteroatoms. The van der Waals surface area contributed by atoms with E-state index in [1.807, 2.05) is 31.2 Å². The summed E-state index contributed by atoms with van der Waals surface area (Å²) >= 11 is 0. The minimum atomic E-state index is -0.111. The number of hydrogen-bond acceptors (Lipinski definition) is 5. The topological polar surface area (TPSA) is 79.6 Å². The highest BCUT2D eigenvalue weighted by molar-refractivity contribution is 6.32. The molecule has 26 heavy (non-hydrogen) atoms. The maximum absolute atomic E-state index is 12.4. The monoisotopic (exact) mass is 350 g/mol. The van der Waals surface area contributed by atoms with Crippen LogP contribution in [-0.2, 0) is 9.53 Å². The molecule has 1 saturated heterocycles. The predicted octanol–water partition coefficient (Wildman–Crippen LogP) is 2.90. The fourth-order valence-electron chi connectivity index (χ4n) is 3.41. The van der Waals surface area contributed by atoms with Gasteiger partial charge in [-0.05, 0) is 49.4 Å². The van der Waals surface area contributed by atoms with Crippen molar-refractivity contribution in [2.75, 3.05) is 47.6 Å². The Balaban J connectivity index is 1.56. The normalized spacial score (nSPS) is 18.3. The van der Waals surface area contributed by atoms with Gasteiger partial charge >= 0.3 is 0 Å². The zero-order valence-electron chi connectivity index (χ0n) is 14.7. The van der Waals surface area contributed by atoms with Crippen molar-refractivity contribution in [1.29, 1.82) is 0 Å². The highest BCUT2D eigenvalue weighted by atomic mass is 16.5. The second kappa shape index (κ2) is 6.72. The highest BCUT2D eigenvalue weighted by Crippen LogP contribution is 2.35. The zero-order valence-corrected chi connectivity index (χ0v) is 14.7. The van der Waals surface area contributed by atoms with E-state index in [9.17, 15) is 4.79 Å². The van der Waals surface area contributed by atoms with Gasteiger partial charge in [0.15, 0.2) is 0 Å². The molecule has 4 rings (SSSR count). The molecule has 1 amide bonds. The summed E-state index contributed by atoms with van der Waals surface area (Å²) in [7, 11) is 0. The number of carbonyl (C=O) groups excluding carboxylic acids is 1. The summed E-state index contributed by atoms with van der Waals surface area (Å²) in [5, 5.41) is 6.22. The van der Waals surface area contributed by atoms with Gasteiger partial charge < -0.3 is 26.0 Å². The summed E-state index contributed by atoms with van der Waals surface area (Å²) in [4.78, 5) is 14.7. The van der Waals surface area contributed by atoms with Gasteiger partial charge in [0.05, 0.1) is 18.8 Å². The van der Waals surface area contributed by atoms with Crippen molar-refractivity contribution < 1.29 is 9.53 Å². The maximum Gasteiger partial charge on any atom is 0.258 e. The molecule has 2 aromatic carbocycles. The average molecular weight is 350 g/mol. The van der Waals surface area contributed by atoms with E-state index in [1.165, 1.54) is 5.69 Å². The highest BCUT2D eigenvalue weighted by Gasteiger charge is 2.26. The van der Waals surface area contributed by atoms with E-state index in [4.69, 9.17) is 10.5 Å². The van der Waals surface area contributed by atoms with E-state index >= 15 is 0 Å². The average Bonchev–Trinajstić information content (AvgIpc) is 2.98. The van der Waals surface area contributed by atoms with E-state index in [2.05, 4.69) is 27.7 Å². The molecule has 0 saturated carbocycles. The lowest BCUT2D eigenvalue weighted by molar-refractivity contribution is -0.110. The smallest absolute Gasteiger partial charge is 0.258 e. The maximum atomic E-state index is 12.4. The van der Waals surface area contributed by atoms with E-state index in [1.54, 1.807) is 6.07 Å². The Bertz CT molecular complexity index is 868. The van der Waals surface area contributed by atoms with Crippen LogP contribution in [0.1, 0.15) is 12.5 Å². The van der Waals surface area contributed by atoms with Gasteiger partial charge in [-0.15, -0.1) is 0 Å². The fraction of sp³-hybridized carbons (Fsp3) is 0.250. The first-order valence-corrected chi connectivity index (χ1v) is 8.74. The number of ether oxygens (including phenoxy) is 1. The molecular formula is C20H22N4O2.